The van der Waals surface area contributed by atoms with E-state index < -0.39 is 0 Å². The number of rotatable bonds is 4. The monoisotopic (exact) mass is 293 g/mol. The summed E-state index contributed by atoms with van der Waals surface area (Å²) in [6, 6.07) is 5.89. The van der Waals surface area contributed by atoms with Crippen LogP contribution in [-0.4, -0.2) is 16.6 Å². The van der Waals surface area contributed by atoms with Crippen LogP contribution in [0.4, 0.5) is 10.8 Å². The van der Waals surface area contributed by atoms with Gasteiger partial charge >= 0.3 is 0 Å². The zero-order chi connectivity index (χ0) is 13.8. The van der Waals surface area contributed by atoms with E-state index in [9.17, 15) is 4.79 Å². The van der Waals surface area contributed by atoms with Gasteiger partial charge in [-0.15, -0.1) is 11.8 Å². The van der Waals surface area contributed by atoms with Gasteiger partial charge in [-0.1, -0.05) is 17.4 Å². The van der Waals surface area contributed by atoms with Gasteiger partial charge in [0.15, 0.2) is 5.13 Å². The first-order valence-electron chi connectivity index (χ1n) is 5.76. The second-order valence-electron chi connectivity index (χ2n) is 4.15. The Morgan fingerprint density at radius 1 is 1.42 bits per heavy atom. The highest BCUT2D eigenvalue weighted by atomic mass is 32.2. The van der Waals surface area contributed by atoms with Crippen molar-refractivity contribution in [2.75, 3.05) is 16.8 Å². The molecule has 0 fully saturated rings. The molecule has 100 valence electrons. The van der Waals surface area contributed by atoms with Gasteiger partial charge in [-0.05, 0) is 37.1 Å². The lowest BCUT2D eigenvalue weighted by Crippen LogP contribution is -2.13. The predicted octanol–water partition coefficient (Wildman–Crippen LogP) is 3.07. The number of carbonyl (C=O) groups is 1. The van der Waals surface area contributed by atoms with Crippen LogP contribution in [0.5, 0.6) is 0 Å². The summed E-state index contributed by atoms with van der Waals surface area (Å²) in [4.78, 5) is 15.8. The largest absolute Gasteiger partial charge is 0.375 e. The van der Waals surface area contributed by atoms with E-state index in [2.05, 4.69) is 10.3 Å². The molecule has 2 rings (SSSR count). The molecule has 0 saturated carbocycles. The first kappa shape index (κ1) is 13.9. The van der Waals surface area contributed by atoms with Gasteiger partial charge < -0.3 is 11.1 Å². The molecule has 0 aliphatic rings. The molecule has 19 heavy (non-hydrogen) atoms. The van der Waals surface area contributed by atoms with Crippen molar-refractivity contribution in [2.24, 2.45) is 0 Å². The third-order valence-corrected chi connectivity index (χ3v) is 4.66. The molecule has 0 bridgehead atoms. The van der Waals surface area contributed by atoms with Gasteiger partial charge in [-0.25, -0.2) is 4.98 Å². The van der Waals surface area contributed by atoms with Crippen LogP contribution in [0.25, 0.3) is 0 Å². The van der Waals surface area contributed by atoms with Gasteiger partial charge in [0.1, 0.15) is 0 Å². The lowest BCUT2D eigenvalue weighted by atomic mass is 10.1. The van der Waals surface area contributed by atoms with Gasteiger partial charge in [0.2, 0.25) is 5.91 Å². The van der Waals surface area contributed by atoms with E-state index in [1.165, 1.54) is 34.2 Å². The van der Waals surface area contributed by atoms with Gasteiger partial charge in [0.25, 0.3) is 0 Å². The number of carbonyl (C=O) groups excluding carboxylic acids is 1. The van der Waals surface area contributed by atoms with Crippen molar-refractivity contribution in [3.63, 3.8) is 0 Å². The van der Waals surface area contributed by atoms with Crippen LogP contribution in [0, 0.1) is 13.8 Å². The Balaban J connectivity index is 1.88. The first-order valence-corrected chi connectivity index (χ1v) is 7.56. The van der Waals surface area contributed by atoms with Gasteiger partial charge in [0, 0.05) is 5.69 Å². The number of nitrogens with one attached hydrogen (secondary N) is 1. The molecule has 1 amide bonds. The fraction of sp³-hybridized carbons (Fsp3) is 0.231. The highest BCUT2D eigenvalue weighted by molar-refractivity contribution is 8.01. The van der Waals surface area contributed by atoms with Crippen LogP contribution in [-0.2, 0) is 4.79 Å². The molecule has 0 radical (unpaired) electrons. The highest BCUT2D eigenvalue weighted by Crippen LogP contribution is 2.26. The number of thioether (sulfide) groups is 1. The second kappa shape index (κ2) is 6.08. The number of anilines is 2. The Morgan fingerprint density at radius 3 is 2.84 bits per heavy atom. The molecular weight excluding hydrogens is 278 g/mol. The van der Waals surface area contributed by atoms with E-state index in [1.807, 2.05) is 32.0 Å². The number of thiazole rings is 1. The lowest BCUT2D eigenvalue weighted by molar-refractivity contribution is -0.113. The van der Waals surface area contributed by atoms with Crippen LogP contribution in [0.3, 0.4) is 0 Å². The number of hydrogen-bond acceptors (Lipinski definition) is 5. The molecule has 4 nitrogen and oxygen atoms in total. The minimum absolute atomic E-state index is 0.0276. The number of nitrogens with two attached hydrogens (primary N) is 1. The summed E-state index contributed by atoms with van der Waals surface area (Å²) in [5.74, 6) is 0.328. The van der Waals surface area contributed by atoms with Crippen LogP contribution in [0.2, 0.25) is 0 Å². The van der Waals surface area contributed by atoms with Crippen molar-refractivity contribution in [3.05, 3.63) is 35.5 Å². The molecule has 0 saturated heterocycles. The van der Waals surface area contributed by atoms with E-state index in [4.69, 9.17) is 5.73 Å². The van der Waals surface area contributed by atoms with Crippen molar-refractivity contribution in [3.8, 4) is 0 Å². The summed E-state index contributed by atoms with van der Waals surface area (Å²) in [6.07, 6.45) is 1.69. The quantitative estimate of drug-likeness (QED) is 0.850. The number of nitrogen functional groups attached to an aromatic ring is 1. The summed E-state index contributed by atoms with van der Waals surface area (Å²) < 4.78 is 0.952. The summed E-state index contributed by atoms with van der Waals surface area (Å²) >= 11 is 2.83. The van der Waals surface area contributed by atoms with E-state index in [-0.39, 0.29) is 5.91 Å². The Morgan fingerprint density at radius 2 is 2.21 bits per heavy atom. The minimum Gasteiger partial charge on any atom is -0.375 e. The molecule has 1 heterocycles. The molecule has 0 aliphatic heterocycles. The maximum atomic E-state index is 11.8. The van der Waals surface area contributed by atoms with Crippen LogP contribution in [0.15, 0.2) is 28.6 Å². The molecule has 0 spiro atoms. The Labute approximate surface area is 120 Å². The van der Waals surface area contributed by atoms with E-state index >= 15 is 0 Å². The average Bonchev–Trinajstić information content (AvgIpc) is 2.77. The Hall–Kier alpha value is -1.53. The van der Waals surface area contributed by atoms with Crippen molar-refractivity contribution in [1.82, 2.24) is 4.98 Å². The van der Waals surface area contributed by atoms with E-state index in [0.717, 1.165) is 9.90 Å². The Bertz CT molecular complexity index is 595. The highest BCUT2D eigenvalue weighted by Gasteiger charge is 2.06. The number of nitrogens with zero attached hydrogens (tertiary/aromatic N) is 1. The number of benzene rings is 1. The third kappa shape index (κ3) is 3.97. The van der Waals surface area contributed by atoms with Gasteiger partial charge in [-0.2, -0.15) is 0 Å². The second-order valence-corrected chi connectivity index (χ2v) is 6.49. The number of aromatic nitrogens is 1. The summed E-state index contributed by atoms with van der Waals surface area (Å²) in [6.45, 7) is 4.07. The zero-order valence-corrected chi connectivity index (χ0v) is 12.4. The summed E-state index contributed by atoms with van der Waals surface area (Å²) in [5, 5.41) is 3.41. The Kier molecular flexibility index (Phi) is 4.44. The normalized spacial score (nSPS) is 10.4. The maximum absolute atomic E-state index is 11.8. The molecule has 0 unspecified atom stereocenters. The van der Waals surface area contributed by atoms with Crippen molar-refractivity contribution in [1.29, 1.82) is 0 Å². The van der Waals surface area contributed by atoms with Gasteiger partial charge in [0.05, 0.1) is 16.2 Å². The standard InChI is InChI=1S/C13H15N3OS2/c1-8-3-4-10(5-9(8)2)16-11(17)7-18-12-6-15-13(14)19-12/h3-6H,7H2,1-2H3,(H2,14,15)(H,16,17). The first-order chi connectivity index (χ1) is 9.04. The smallest absolute Gasteiger partial charge is 0.234 e. The summed E-state index contributed by atoms with van der Waals surface area (Å²) in [7, 11) is 0. The van der Waals surface area contributed by atoms with E-state index in [0.29, 0.717) is 10.9 Å². The molecule has 2 aromatic rings. The predicted molar refractivity (Wildman–Crippen MR) is 81.8 cm³/mol. The molecule has 0 aliphatic carbocycles. The fourth-order valence-corrected chi connectivity index (χ4v) is 3.05. The van der Waals surface area contributed by atoms with Crippen molar-refractivity contribution >= 4 is 39.8 Å². The molecule has 1 aromatic heterocycles. The summed E-state index contributed by atoms with van der Waals surface area (Å²) in [5.41, 5.74) is 8.75. The SMILES string of the molecule is Cc1ccc(NC(=O)CSc2cnc(N)s2)cc1C. The van der Waals surface area contributed by atoms with Crippen LogP contribution in [0.1, 0.15) is 11.1 Å². The van der Waals surface area contributed by atoms with Crippen LogP contribution >= 0.6 is 23.1 Å². The minimum atomic E-state index is -0.0276. The third-order valence-electron chi connectivity index (χ3n) is 2.64. The van der Waals surface area contributed by atoms with Crippen molar-refractivity contribution in [2.45, 2.75) is 18.1 Å². The molecule has 1 aromatic carbocycles. The molecule has 0 atom stereocenters. The number of amides is 1. The number of hydrogen-bond donors (Lipinski definition) is 2. The van der Waals surface area contributed by atoms with Gasteiger partial charge in [-0.3, -0.25) is 4.79 Å². The van der Waals surface area contributed by atoms with Crippen LogP contribution < -0.4 is 11.1 Å². The topological polar surface area (TPSA) is 68.0 Å². The average molecular weight is 293 g/mol. The molecule has 3 N–H and O–H groups in total. The van der Waals surface area contributed by atoms with Crippen molar-refractivity contribution < 1.29 is 4.79 Å². The zero-order valence-electron chi connectivity index (χ0n) is 10.8. The maximum Gasteiger partial charge on any atom is 0.234 e. The lowest BCUT2D eigenvalue weighted by Gasteiger charge is -2.07. The number of aryl methyl sites for hydroxylation is 2. The molecule has 6 heteroatoms. The molecular formula is C13H15N3OS2. The fourth-order valence-electron chi connectivity index (χ4n) is 1.49. The van der Waals surface area contributed by atoms with E-state index in [1.54, 1.807) is 6.20 Å².